The number of ether oxygens (including phenoxy) is 3. The van der Waals surface area contributed by atoms with Gasteiger partial charge in [0.05, 0.1) is 13.2 Å². The molecular formula is C17H25NO3. The molecule has 2 fully saturated rings. The minimum atomic E-state index is -0.274. The second kappa shape index (κ2) is 6.34. The van der Waals surface area contributed by atoms with E-state index in [-0.39, 0.29) is 5.79 Å². The highest BCUT2D eigenvalue weighted by molar-refractivity contribution is 5.39. The molecule has 0 amide bonds. The topological polar surface area (TPSA) is 30.9 Å². The van der Waals surface area contributed by atoms with Gasteiger partial charge in [-0.05, 0) is 25.0 Å². The molecule has 1 aromatic carbocycles. The third-order valence-electron chi connectivity index (χ3n) is 4.49. The van der Waals surface area contributed by atoms with Crippen LogP contribution in [0.5, 0.6) is 5.75 Å². The fourth-order valence-electron chi connectivity index (χ4n) is 3.21. The van der Waals surface area contributed by atoms with Crippen LogP contribution in [0, 0.1) is 13.8 Å². The molecule has 0 aromatic heterocycles. The van der Waals surface area contributed by atoms with Crippen molar-refractivity contribution in [1.29, 1.82) is 0 Å². The molecule has 116 valence electrons. The van der Waals surface area contributed by atoms with Crippen LogP contribution in [0.3, 0.4) is 0 Å². The number of piperidine rings is 1. The highest BCUT2D eigenvalue weighted by Crippen LogP contribution is 2.31. The second-order valence-electron chi connectivity index (χ2n) is 6.02. The van der Waals surface area contributed by atoms with Crippen molar-refractivity contribution in [3.8, 4) is 5.75 Å². The molecule has 1 spiro atoms. The zero-order valence-electron chi connectivity index (χ0n) is 13.1. The number of likely N-dealkylation sites (tertiary alicyclic amines) is 1. The summed E-state index contributed by atoms with van der Waals surface area (Å²) in [6, 6.07) is 6.27. The number of para-hydroxylation sites is 1. The number of rotatable bonds is 4. The quantitative estimate of drug-likeness (QED) is 0.853. The molecule has 2 aliphatic heterocycles. The van der Waals surface area contributed by atoms with E-state index in [1.807, 2.05) is 0 Å². The standard InChI is InChI=1S/C17H25NO3/c1-14-4-3-5-15(2)16(14)19-11-10-18-8-6-17(7-9-18)20-12-13-21-17/h3-5H,6-13H2,1-2H3. The Hall–Kier alpha value is -1.10. The summed E-state index contributed by atoms with van der Waals surface area (Å²) in [7, 11) is 0. The lowest BCUT2D eigenvalue weighted by atomic mass is 10.0. The molecule has 4 nitrogen and oxygen atoms in total. The normalized spacial score (nSPS) is 21.8. The molecule has 2 heterocycles. The lowest BCUT2D eigenvalue weighted by Crippen LogP contribution is -2.46. The van der Waals surface area contributed by atoms with Crippen LogP contribution in [0.1, 0.15) is 24.0 Å². The maximum absolute atomic E-state index is 5.98. The minimum absolute atomic E-state index is 0.274. The molecule has 0 radical (unpaired) electrons. The molecule has 2 aliphatic rings. The monoisotopic (exact) mass is 291 g/mol. The van der Waals surface area contributed by atoms with Crippen LogP contribution >= 0.6 is 0 Å². The molecule has 0 unspecified atom stereocenters. The molecule has 0 aliphatic carbocycles. The molecule has 1 aromatic rings. The van der Waals surface area contributed by atoms with Crippen LogP contribution in [0.2, 0.25) is 0 Å². The van der Waals surface area contributed by atoms with Gasteiger partial charge in [-0.3, -0.25) is 4.90 Å². The summed E-state index contributed by atoms with van der Waals surface area (Å²) in [5.41, 5.74) is 2.42. The summed E-state index contributed by atoms with van der Waals surface area (Å²) in [6.07, 6.45) is 1.94. The third-order valence-corrected chi connectivity index (χ3v) is 4.49. The maximum atomic E-state index is 5.98. The van der Waals surface area contributed by atoms with Crippen LogP contribution in [0.15, 0.2) is 18.2 Å². The van der Waals surface area contributed by atoms with Gasteiger partial charge in [0, 0.05) is 32.5 Å². The molecule has 0 N–H and O–H groups in total. The fraction of sp³-hybridized carbons (Fsp3) is 0.647. The molecule has 2 saturated heterocycles. The summed E-state index contributed by atoms with van der Waals surface area (Å²) in [5.74, 6) is 0.762. The zero-order valence-corrected chi connectivity index (χ0v) is 13.1. The third kappa shape index (κ3) is 3.39. The minimum Gasteiger partial charge on any atom is -0.492 e. The number of benzene rings is 1. The van der Waals surface area contributed by atoms with Crippen LogP contribution < -0.4 is 4.74 Å². The highest BCUT2D eigenvalue weighted by atomic mass is 16.7. The molecule has 3 rings (SSSR count). The SMILES string of the molecule is Cc1cccc(C)c1OCCN1CCC2(CC1)OCCO2. The van der Waals surface area contributed by atoms with Crippen LogP contribution in [0.4, 0.5) is 0 Å². The Morgan fingerprint density at radius 1 is 1.10 bits per heavy atom. The van der Waals surface area contributed by atoms with Gasteiger partial charge in [-0.2, -0.15) is 0 Å². The Morgan fingerprint density at radius 3 is 2.33 bits per heavy atom. The average Bonchev–Trinajstić information content (AvgIpc) is 2.93. The van der Waals surface area contributed by atoms with E-state index in [9.17, 15) is 0 Å². The van der Waals surface area contributed by atoms with Gasteiger partial charge in [-0.25, -0.2) is 0 Å². The van der Waals surface area contributed by atoms with Gasteiger partial charge in [-0.1, -0.05) is 18.2 Å². The average molecular weight is 291 g/mol. The van der Waals surface area contributed by atoms with Crippen molar-refractivity contribution in [3.63, 3.8) is 0 Å². The van der Waals surface area contributed by atoms with Crippen molar-refractivity contribution in [2.75, 3.05) is 39.5 Å². The highest BCUT2D eigenvalue weighted by Gasteiger charge is 2.39. The van der Waals surface area contributed by atoms with Crippen molar-refractivity contribution < 1.29 is 14.2 Å². The summed E-state index contributed by atoms with van der Waals surface area (Å²) in [4.78, 5) is 2.43. The van der Waals surface area contributed by atoms with Crippen molar-refractivity contribution in [3.05, 3.63) is 29.3 Å². The van der Waals surface area contributed by atoms with Gasteiger partial charge in [-0.15, -0.1) is 0 Å². The molecule has 21 heavy (non-hydrogen) atoms. The predicted molar refractivity (Wildman–Crippen MR) is 81.7 cm³/mol. The largest absolute Gasteiger partial charge is 0.492 e. The summed E-state index contributed by atoms with van der Waals surface area (Å²) < 4.78 is 17.5. The van der Waals surface area contributed by atoms with Crippen LogP contribution in [0.25, 0.3) is 0 Å². The van der Waals surface area contributed by atoms with Crippen molar-refractivity contribution >= 4 is 0 Å². The van der Waals surface area contributed by atoms with Crippen LogP contribution in [-0.2, 0) is 9.47 Å². The fourth-order valence-corrected chi connectivity index (χ4v) is 3.21. The first-order chi connectivity index (χ1) is 10.2. The molecule has 0 bridgehead atoms. The van der Waals surface area contributed by atoms with Gasteiger partial charge in [0.1, 0.15) is 12.4 Å². The second-order valence-corrected chi connectivity index (χ2v) is 6.02. The lowest BCUT2D eigenvalue weighted by molar-refractivity contribution is -0.185. The van der Waals surface area contributed by atoms with E-state index >= 15 is 0 Å². The lowest BCUT2D eigenvalue weighted by Gasteiger charge is -2.37. The van der Waals surface area contributed by atoms with E-state index in [1.54, 1.807) is 0 Å². The maximum Gasteiger partial charge on any atom is 0.170 e. The van der Waals surface area contributed by atoms with Crippen molar-refractivity contribution in [1.82, 2.24) is 4.90 Å². The van der Waals surface area contributed by atoms with Gasteiger partial charge >= 0.3 is 0 Å². The summed E-state index contributed by atoms with van der Waals surface area (Å²) in [5, 5.41) is 0. The van der Waals surface area contributed by atoms with E-state index in [1.165, 1.54) is 11.1 Å². The number of hydrogen-bond donors (Lipinski definition) is 0. The number of nitrogens with zero attached hydrogens (tertiary/aromatic N) is 1. The Labute approximate surface area is 127 Å². The van der Waals surface area contributed by atoms with E-state index in [0.29, 0.717) is 0 Å². The Morgan fingerprint density at radius 2 is 1.71 bits per heavy atom. The van der Waals surface area contributed by atoms with E-state index in [2.05, 4.69) is 36.9 Å². The summed E-state index contributed by atoms with van der Waals surface area (Å²) >= 11 is 0. The zero-order chi connectivity index (χ0) is 14.7. The predicted octanol–water partition coefficient (Wildman–Crippen LogP) is 2.52. The van der Waals surface area contributed by atoms with Crippen LogP contribution in [-0.4, -0.2) is 50.1 Å². The molecule has 0 atom stereocenters. The van der Waals surface area contributed by atoms with Crippen molar-refractivity contribution in [2.24, 2.45) is 0 Å². The van der Waals surface area contributed by atoms with Gasteiger partial charge < -0.3 is 14.2 Å². The summed E-state index contributed by atoms with van der Waals surface area (Å²) in [6.45, 7) is 9.44. The smallest absolute Gasteiger partial charge is 0.170 e. The first kappa shape index (κ1) is 14.8. The number of aryl methyl sites for hydroxylation is 2. The molecular weight excluding hydrogens is 266 g/mol. The Bertz CT molecular complexity index is 453. The Kier molecular flexibility index (Phi) is 4.48. The first-order valence-electron chi connectivity index (χ1n) is 7.88. The van der Waals surface area contributed by atoms with Crippen molar-refractivity contribution in [2.45, 2.75) is 32.5 Å². The molecule has 0 saturated carbocycles. The molecule has 4 heteroatoms. The van der Waals surface area contributed by atoms with Gasteiger partial charge in [0.25, 0.3) is 0 Å². The van der Waals surface area contributed by atoms with Gasteiger partial charge in [0.15, 0.2) is 5.79 Å². The number of hydrogen-bond acceptors (Lipinski definition) is 4. The van der Waals surface area contributed by atoms with E-state index in [4.69, 9.17) is 14.2 Å². The van der Waals surface area contributed by atoms with Gasteiger partial charge in [0.2, 0.25) is 0 Å². The van der Waals surface area contributed by atoms with E-state index in [0.717, 1.165) is 58.0 Å². The van der Waals surface area contributed by atoms with E-state index < -0.39 is 0 Å². The first-order valence-corrected chi connectivity index (χ1v) is 7.88. The Balaban J connectivity index is 1.44.